The lowest BCUT2D eigenvalue weighted by atomic mass is 10.4. The molecule has 4 nitrogen and oxygen atoms in total. The van der Waals surface area contributed by atoms with Gasteiger partial charge in [0.15, 0.2) is 0 Å². The molecule has 1 unspecified atom stereocenters. The molecule has 0 rings (SSSR count). The van der Waals surface area contributed by atoms with Crippen LogP contribution in [0.3, 0.4) is 0 Å². The van der Waals surface area contributed by atoms with Crippen molar-refractivity contribution in [3.05, 3.63) is 25.3 Å². The third-order valence-corrected chi connectivity index (χ3v) is 1.19. The molecule has 0 aliphatic heterocycles. The summed E-state index contributed by atoms with van der Waals surface area (Å²) in [6.45, 7) is 6.93. The van der Waals surface area contributed by atoms with E-state index in [1.54, 1.807) is 6.08 Å². The van der Waals surface area contributed by atoms with Crippen LogP contribution in [-0.2, 0) is 14.3 Å². The first-order valence-electron chi connectivity index (χ1n) is 3.87. The Kier molecular flexibility index (Phi) is 6.86. The lowest BCUT2D eigenvalue weighted by Crippen LogP contribution is -2.26. The summed E-state index contributed by atoms with van der Waals surface area (Å²) in [5.41, 5.74) is 0. The van der Waals surface area contributed by atoms with Gasteiger partial charge in [0.05, 0.1) is 19.8 Å². The molecular formula is C9H14O4. The molecule has 0 aromatic carbocycles. The van der Waals surface area contributed by atoms with Gasteiger partial charge in [-0.1, -0.05) is 12.7 Å². The number of hydrogen-bond donors (Lipinski definition) is 1. The highest BCUT2D eigenvalue weighted by molar-refractivity contribution is 5.81. The topological polar surface area (TPSA) is 55.8 Å². The number of carbonyl (C=O) groups excluding carboxylic acids is 1. The molecule has 4 heteroatoms. The Hall–Kier alpha value is -1.13. The van der Waals surface area contributed by atoms with Crippen LogP contribution < -0.4 is 0 Å². The van der Waals surface area contributed by atoms with Gasteiger partial charge >= 0.3 is 5.97 Å². The second-order valence-corrected chi connectivity index (χ2v) is 2.27. The molecule has 0 bridgehead atoms. The monoisotopic (exact) mass is 186 g/mol. The summed E-state index contributed by atoms with van der Waals surface area (Å²) in [5.74, 6) is -0.568. The summed E-state index contributed by atoms with van der Waals surface area (Å²) in [4.78, 5) is 10.7. The second kappa shape index (κ2) is 7.52. The molecular weight excluding hydrogens is 172 g/mol. The molecule has 0 aliphatic carbocycles. The van der Waals surface area contributed by atoms with Crippen molar-refractivity contribution in [1.29, 1.82) is 0 Å². The van der Waals surface area contributed by atoms with Crippen LogP contribution in [0.2, 0.25) is 0 Å². The normalized spacial score (nSPS) is 11.8. The van der Waals surface area contributed by atoms with Crippen molar-refractivity contribution in [2.24, 2.45) is 0 Å². The van der Waals surface area contributed by atoms with Crippen LogP contribution in [-0.4, -0.2) is 37.0 Å². The van der Waals surface area contributed by atoms with Crippen LogP contribution in [0.25, 0.3) is 0 Å². The lowest BCUT2D eigenvalue weighted by molar-refractivity contribution is -0.148. The molecule has 0 aromatic heterocycles. The van der Waals surface area contributed by atoms with Gasteiger partial charge in [0.1, 0.15) is 6.10 Å². The molecule has 74 valence electrons. The maximum Gasteiger partial charge on any atom is 0.330 e. The van der Waals surface area contributed by atoms with E-state index in [1.807, 2.05) is 0 Å². The summed E-state index contributed by atoms with van der Waals surface area (Å²) in [6, 6.07) is 0. The molecule has 0 aromatic rings. The lowest BCUT2D eigenvalue weighted by Gasteiger charge is -2.13. The third-order valence-electron chi connectivity index (χ3n) is 1.19. The Labute approximate surface area is 77.5 Å². The fraction of sp³-hybridized carbons (Fsp3) is 0.444. The quantitative estimate of drug-likeness (QED) is 0.268. The maximum absolute atomic E-state index is 10.7. The van der Waals surface area contributed by atoms with Crippen LogP contribution in [0.4, 0.5) is 0 Å². The molecule has 0 spiro atoms. The van der Waals surface area contributed by atoms with Crippen LogP contribution >= 0.6 is 0 Å². The van der Waals surface area contributed by atoms with Gasteiger partial charge in [-0.2, -0.15) is 0 Å². The Morgan fingerprint density at radius 3 is 2.69 bits per heavy atom. The minimum Gasteiger partial charge on any atom is -0.454 e. The molecule has 0 saturated carbocycles. The smallest absolute Gasteiger partial charge is 0.330 e. The molecule has 1 N–H and O–H groups in total. The molecule has 13 heavy (non-hydrogen) atoms. The highest BCUT2D eigenvalue weighted by Gasteiger charge is 2.10. The summed E-state index contributed by atoms with van der Waals surface area (Å²) >= 11 is 0. The van der Waals surface area contributed by atoms with Gasteiger partial charge in [-0.25, -0.2) is 4.79 Å². The van der Waals surface area contributed by atoms with Crippen molar-refractivity contribution in [3.63, 3.8) is 0 Å². The van der Waals surface area contributed by atoms with Crippen molar-refractivity contribution >= 4 is 5.97 Å². The number of rotatable bonds is 7. The van der Waals surface area contributed by atoms with Gasteiger partial charge < -0.3 is 14.6 Å². The molecule has 0 aliphatic rings. The fourth-order valence-corrected chi connectivity index (χ4v) is 0.619. The third kappa shape index (κ3) is 6.07. The predicted octanol–water partition coefficient (Wildman–Crippen LogP) is 0.279. The van der Waals surface area contributed by atoms with E-state index in [0.717, 1.165) is 6.08 Å². The number of ether oxygens (including phenoxy) is 2. The van der Waals surface area contributed by atoms with Gasteiger partial charge in [-0.15, -0.1) is 6.58 Å². The van der Waals surface area contributed by atoms with Gasteiger partial charge in [0.25, 0.3) is 0 Å². The van der Waals surface area contributed by atoms with E-state index in [4.69, 9.17) is 14.6 Å². The average Bonchev–Trinajstić information content (AvgIpc) is 2.16. The predicted molar refractivity (Wildman–Crippen MR) is 48.2 cm³/mol. The first-order valence-corrected chi connectivity index (χ1v) is 3.87. The van der Waals surface area contributed by atoms with Crippen molar-refractivity contribution in [1.82, 2.24) is 0 Å². The maximum atomic E-state index is 10.7. The zero-order valence-corrected chi connectivity index (χ0v) is 7.44. The SMILES string of the molecule is C=CCOCC(CO)OC(=O)C=C. The fourth-order valence-electron chi connectivity index (χ4n) is 0.619. The second-order valence-electron chi connectivity index (χ2n) is 2.27. The zero-order valence-electron chi connectivity index (χ0n) is 7.44. The van der Waals surface area contributed by atoms with Crippen LogP contribution in [0.15, 0.2) is 25.3 Å². The Morgan fingerprint density at radius 1 is 1.54 bits per heavy atom. The minimum absolute atomic E-state index is 0.155. The van der Waals surface area contributed by atoms with E-state index in [-0.39, 0.29) is 13.2 Å². The number of aliphatic hydroxyl groups excluding tert-OH is 1. The Bertz CT molecular complexity index is 176. The van der Waals surface area contributed by atoms with Gasteiger partial charge in [0, 0.05) is 6.08 Å². The van der Waals surface area contributed by atoms with Crippen LogP contribution in [0, 0.1) is 0 Å². The number of hydrogen-bond acceptors (Lipinski definition) is 4. The van der Waals surface area contributed by atoms with Crippen LogP contribution in [0.5, 0.6) is 0 Å². The van der Waals surface area contributed by atoms with E-state index in [1.165, 1.54) is 0 Å². The molecule has 0 amide bonds. The summed E-state index contributed by atoms with van der Waals surface area (Å²) < 4.78 is 9.72. The Morgan fingerprint density at radius 2 is 2.23 bits per heavy atom. The van der Waals surface area contributed by atoms with E-state index >= 15 is 0 Å². The Balaban J connectivity index is 3.68. The molecule has 0 radical (unpaired) electrons. The van der Waals surface area contributed by atoms with E-state index < -0.39 is 12.1 Å². The highest BCUT2D eigenvalue weighted by Crippen LogP contribution is 1.94. The standard InChI is InChI=1S/C9H14O4/c1-3-5-12-7-8(6-10)13-9(11)4-2/h3-4,8,10H,1-2,5-7H2. The van der Waals surface area contributed by atoms with E-state index in [9.17, 15) is 4.79 Å². The molecule has 0 saturated heterocycles. The minimum atomic E-state index is -0.634. The number of esters is 1. The van der Waals surface area contributed by atoms with Gasteiger partial charge in [-0.05, 0) is 0 Å². The van der Waals surface area contributed by atoms with Crippen molar-refractivity contribution in [2.45, 2.75) is 6.10 Å². The molecule has 0 heterocycles. The van der Waals surface area contributed by atoms with Crippen molar-refractivity contribution in [3.8, 4) is 0 Å². The zero-order chi connectivity index (χ0) is 10.1. The number of aliphatic hydroxyl groups is 1. The van der Waals surface area contributed by atoms with Gasteiger partial charge in [-0.3, -0.25) is 0 Å². The first kappa shape index (κ1) is 11.9. The average molecular weight is 186 g/mol. The van der Waals surface area contributed by atoms with Crippen molar-refractivity contribution in [2.75, 3.05) is 19.8 Å². The first-order chi connectivity index (χ1) is 6.24. The van der Waals surface area contributed by atoms with Gasteiger partial charge in [0.2, 0.25) is 0 Å². The summed E-state index contributed by atoms with van der Waals surface area (Å²) in [5, 5.41) is 8.75. The highest BCUT2D eigenvalue weighted by atomic mass is 16.6. The van der Waals surface area contributed by atoms with E-state index in [0.29, 0.717) is 6.61 Å². The summed E-state index contributed by atoms with van der Waals surface area (Å²) in [6.07, 6.45) is 1.98. The molecule has 1 atom stereocenters. The van der Waals surface area contributed by atoms with E-state index in [2.05, 4.69) is 13.2 Å². The number of carbonyl (C=O) groups is 1. The molecule has 0 fully saturated rings. The largest absolute Gasteiger partial charge is 0.454 e. The summed E-state index contributed by atoms with van der Waals surface area (Å²) in [7, 11) is 0. The van der Waals surface area contributed by atoms with Crippen LogP contribution in [0.1, 0.15) is 0 Å². The van der Waals surface area contributed by atoms with Crippen molar-refractivity contribution < 1.29 is 19.4 Å².